The predicted octanol–water partition coefficient (Wildman–Crippen LogP) is 4.76. The van der Waals surface area contributed by atoms with Crippen LogP contribution in [0.15, 0.2) is 67.0 Å². The van der Waals surface area contributed by atoms with Crippen LogP contribution in [-0.2, 0) is 0 Å². The Hall–Kier alpha value is -3.41. The Bertz CT molecular complexity index is 952. The quantitative estimate of drug-likeness (QED) is 0.683. The smallest absolute Gasteiger partial charge is 0.256 e. The summed E-state index contributed by atoms with van der Waals surface area (Å²) in [6.07, 6.45) is 3.81. The van der Waals surface area contributed by atoms with E-state index < -0.39 is 0 Å². The third-order valence-electron chi connectivity index (χ3n) is 5.10. The molecule has 148 valence electrons. The number of amides is 1. The van der Waals surface area contributed by atoms with Gasteiger partial charge in [-0.1, -0.05) is 25.1 Å². The van der Waals surface area contributed by atoms with Crippen LogP contribution in [0.1, 0.15) is 30.1 Å². The number of para-hydroxylation sites is 1. The molecule has 2 heterocycles. The molecule has 0 spiro atoms. The molecular formula is C23H24N4O2. The Kier molecular flexibility index (Phi) is 5.70. The first-order chi connectivity index (χ1) is 14.2. The molecule has 0 atom stereocenters. The number of aromatic nitrogens is 2. The number of hydrogen-bond donors (Lipinski definition) is 1. The molecule has 3 aromatic rings. The van der Waals surface area contributed by atoms with E-state index in [2.05, 4.69) is 27.1 Å². The largest absolute Gasteiger partial charge is 0.457 e. The van der Waals surface area contributed by atoms with E-state index in [-0.39, 0.29) is 5.91 Å². The molecular weight excluding hydrogens is 364 g/mol. The van der Waals surface area contributed by atoms with Crippen molar-refractivity contribution in [3.63, 3.8) is 0 Å². The summed E-state index contributed by atoms with van der Waals surface area (Å²) in [5.41, 5.74) is 0.539. The number of ether oxygens (including phenoxy) is 1. The summed E-state index contributed by atoms with van der Waals surface area (Å²) in [6.45, 7) is 4.24. The predicted molar refractivity (Wildman–Crippen MR) is 114 cm³/mol. The van der Waals surface area contributed by atoms with Crippen molar-refractivity contribution in [2.75, 3.05) is 23.3 Å². The SMILES string of the molecule is CC1CCN(c2cc(NC(=O)c3ccc(Oc4ccccc4)cc3)ncn2)CC1. The van der Waals surface area contributed by atoms with Gasteiger partial charge < -0.3 is 15.0 Å². The van der Waals surface area contributed by atoms with E-state index in [0.29, 0.717) is 17.1 Å². The minimum absolute atomic E-state index is 0.215. The molecule has 1 aliphatic rings. The molecule has 0 unspecified atom stereocenters. The molecule has 1 saturated heterocycles. The van der Waals surface area contributed by atoms with Crippen molar-refractivity contribution in [2.24, 2.45) is 5.92 Å². The number of benzene rings is 2. The highest BCUT2D eigenvalue weighted by Crippen LogP contribution is 2.23. The second-order valence-electron chi connectivity index (χ2n) is 7.32. The average molecular weight is 388 g/mol. The number of anilines is 2. The first kappa shape index (κ1) is 18.9. The standard InChI is InChI=1S/C23H24N4O2/c1-17-11-13-27(14-12-17)22-15-21(24-16-25-22)26-23(28)18-7-9-20(10-8-18)29-19-5-3-2-4-6-19/h2-10,15-17H,11-14H2,1H3,(H,24,25,26,28). The summed E-state index contributed by atoms with van der Waals surface area (Å²) in [4.78, 5) is 23.4. The summed E-state index contributed by atoms with van der Waals surface area (Å²) >= 11 is 0. The van der Waals surface area contributed by atoms with Crippen molar-refractivity contribution in [2.45, 2.75) is 19.8 Å². The average Bonchev–Trinajstić information content (AvgIpc) is 2.76. The van der Waals surface area contributed by atoms with Gasteiger partial charge in [-0.2, -0.15) is 0 Å². The third-order valence-corrected chi connectivity index (χ3v) is 5.10. The van der Waals surface area contributed by atoms with Crippen LogP contribution < -0.4 is 15.0 Å². The summed E-state index contributed by atoms with van der Waals surface area (Å²) in [7, 11) is 0. The van der Waals surface area contributed by atoms with Gasteiger partial charge >= 0.3 is 0 Å². The minimum atomic E-state index is -0.215. The molecule has 2 aromatic carbocycles. The molecule has 1 aromatic heterocycles. The van der Waals surface area contributed by atoms with E-state index in [1.165, 1.54) is 6.33 Å². The van der Waals surface area contributed by atoms with Crippen molar-refractivity contribution in [3.05, 3.63) is 72.6 Å². The highest BCUT2D eigenvalue weighted by molar-refractivity contribution is 6.03. The molecule has 29 heavy (non-hydrogen) atoms. The molecule has 4 rings (SSSR count). The maximum absolute atomic E-state index is 12.6. The molecule has 6 nitrogen and oxygen atoms in total. The summed E-state index contributed by atoms with van der Waals surface area (Å²) < 4.78 is 5.76. The molecule has 0 bridgehead atoms. The maximum atomic E-state index is 12.6. The van der Waals surface area contributed by atoms with Crippen LogP contribution in [0.25, 0.3) is 0 Å². The normalized spacial score (nSPS) is 14.4. The molecule has 6 heteroatoms. The zero-order valence-electron chi connectivity index (χ0n) is 16.4. The molecule has 0 saturated carbocycles. The highest BCUT2D eigenvalue weighted by Gasteiger charge is 2.17. The van der Waals surface area contributed by atoms with Crippen LogP contribution in [0, 0.1) is 5.92 Å². The zero-order valence-corrected chi connectivity index (χ0v) is 16.4. The Labute approximate surface area is 170 Å². The van der Waals surface area contributed by atoms with Gasteiger partial charge in [-0.25, -0.2) is 9.97 Å². The molecule has 1 fully saturated rings. The molecule has 1 aliphatic heterocycles. The van der Waals surface area contributed by atoms with Crippen LogP contribution in [0.4, 0.5) is 11.6 Å². The summed E-state index contributed by atoms with van der Waals surface area (Å²) in [5.74, 6) is 3.33. The van der Waals surface area contributed by atoms with Crippen molar-refractivity contribution >= 4 is 17.5 Å². The lowest BCUT2D eigenvalue weighted by atomic mass is 9.99. The summed E-state index contributed by atoms with van der Waals surface area (Å²) in [6, 6.07) is 18.4. The Morgan fingerprint density at radius 1 is 1.00 bits per heavy atom. The van der Waals surface area contributed by atoms with Gasteiger partial charge in [0.1, 0.15) is 29.5 Å². The van der Waals surface area contributed by atoms with Gasteiger partial charge in [0.2, 0.25) is 0 Å². The van der Waals surface area contributed by atoms with E-state index in [1.807, 2.05) is 36.4 Å². The van der Waals surface area contributed by atoms with E-state index in [4.69, 9.17) is 4.74 Å². The summed E-state index contributed by atoms with van der Waals surface area (Å²) in [5, 5.41) is 2.86. The molecule has 1 N–H and O–H groups in total. The van der Waals surface area contributed by atoms with Gasteiger partial charge in [-0.05, 0) is 55.2 Å². The van der Waals surface area contributed by atoms with Crippen LogP contribution in [-0.4, -0.2) is 29.0 Å². The lowest BCUT2D eigenvalue weighted by molar-refractivity contribution is 0.102. The Balaban J connectivity index is 1.39. The number of carbonyl (C=O) groups is 1. The lowest BCUT2D eigenvalue weighted by Gasteiger charge is -2.31. The number of hydrogen-bond acceptors (Lipinski definition) is 5. The number of piperidine rings is 1. The van der Waals surface area contributed by atoms with E-state index in [0.717, 1.165) is 43.4 Å². The van der Waals surface area contributed by atoms with E-state index in [1.54, 1.807) is 24.3 Å². The van der Waals surface area contributed by atoms with Crippen LogP contribution in [0.2, 0.25) is 0 Å². The number of rotatable bonds is 5. The first-order valence-electron chi connectivity index (χ1n) is 9.89. The van der Waals surface area contributed by atoms with Gasteiger partial charge in [-0.3, -0.25) is 4.79 Å². The van der Waals surface area contributed by atoms with E-state index in [9.17, 15) is 4.79 Å². The maximum Gasteiger partial charge on any atom is 0.256 e. The van der Waals surface area contributed by atoms with Crippen molar-refractivity contribution in [1.82, 2.24) is 9.97 Å². The lowest BCUT2D eigenvalue weighted by Crippen LogP contribution is -2.33. The van der Waals surface area contributed by atoms with Gasteiger partial charge in [0.25, 0.3) is 5.91 Å². The highest BCUT2D eigenvalue weighted by atomic mass is 16.5. The number of carbonyl (C=O) groups excluding carboxylic acids is 1. The van der Waals surface area contributed by atoms with Crippen LogP contribution in [0.5, 0.6) is 11.5 Å². The Morgan fingerprint density at radius 2 is 1.69 bits per heavy atom. The number of nitrogens with zero attached hydrogens (tertiary/aromatic N) is 3. The fourth-order valence-corrected chi connectivity index (χ4v) is 3.31. The fraction of sp³-hybridized carbons (Fsp3) is 0.261. The topological polar surface area (TPSA) is 67.4 Å². The molecule has 1 amide bonds. The van der Waals surface area contributed by atoms with Gasteiger partial charge in [0, 0.05) is 24.7 Å². The van der Waals surface area contributed by atoms with E-state index >= 15 is 0 Å². The van der Waals surface area contributed by atoms with Crippen molar-refractivity contribution in [1.29, 1.82) is 0 Å². The minimum Gasteiger partial charge on any atom is -0.457 e. The molecule has 0 radical (unpaired) electrons. The zero-order chi connectivity index (χ0) is 20.1. The van der Waals surface area contributed by atoms with Crippen molar-refractivity contribution < 1.29 is 9.53 Å². The van der Waals surface area contributed by atoms with Gasteiger partial charge in [0.05, 0.1) is 0 Å². The molecule has 0 aliphatic carbocycles. The monoisotopic (exact) mass is 388 g/mol. The third kappa shape index (κ3) is 4.90. The van der Waals surface area contributed by atoms with Crippen LogP contribution in [0.3, 0.4) is 0 Å². The first-order valence-corrected chi connectivity index (χ1v) is 9.89. The number of nitrogens with one attached hydrogen (secondary N) is 1. The van der Waals surface area contributed by atoms with Gasteiger partial charge in [0.15, 0.2) is 0 Å². The fourth-order valence-electron chi connectivity index (χ4n) is 3.31. The van der Waals surface area contributed by atoms with Crippen LogP contribution >= 0.6 is 0 Å². The Morgan fingerprint density at radius 3 is 2.41 bits per heavy atom. The van der Waals surface area contributed by atoms with Gasteiger partial charge in [-0.15, -0.1) is 0 Å². The van der Waals surface area contributed by atoms with Crippen molar-refractivity contribution in [3.8, 4) is 11.5 Å². The second-order valence-corrected chi connectivity index (χ2v) is 7.32. The second kappa shape index (κ2) is 8.73.